The Kier molecular flexibility index (Phi) is 4.91. The lowest BCUT2D eigenvalue weighted by Gasteiger charge is -2.33. The Balaban J connectivity index is 1.75. The molecular weight excluding hydrogens is 296 g/mol. The fourth-order valence-corrected chi connectivity index (χ4v) is 2.92. The fourth-order valence-electron chi connectivity index (χ4n) is 2.09. The maximum Gasteiger partial charge on any atom is 0.273 e. The quantitative estimate of drug-likeness (QED) is 0.677. The first-order valence-electron chi connectivity index (χ1n) is 6.71. The lowest BCUT2D eigenvalue weighted by molar-refractivity contribution is 0.194. The summed E-state index contributed by atoms with van der Waals surface area (Å²) >= 11 is 0. The molecule has 0 radical (unpaired) electrons. The average Bonchev–Trinajstić information content (AvgIpc) is 2.42. The van der Waals surface area contributed by atoms with Crippen molar-refractivity contribution in [1.82, 2.24) is 24.4 Å². The molecule has 9 nitrogen and oxygen atoms in total. The summed E-state index contributed by atoms with van der Waals surface area (Å²) in [5.41, 5.74) is 0.0757. The molecule has 0 amide bonds. The Morgan fingerprint density at radius 1 is 1.24 bits per heavy atom. The van der Waals surface area contributed by atoms with Crippen LogP contribution in [0.3, 0.4) is 0 Å². The number of anilines is 1. The molecule has 2 rings (SSSR count). The van der Waals surface area contributed by atoms with Gasteiger partial charge in [0.2, 0.25) is 16.0 Å². The molecule has 0 atom stereocenters. The number of sulfonamides is 1. The predicted molar refractivity (Wildman–Crippen MR) is 78.7 cm³/mol. The molecular formula is C11H20N6O3S. The van der Waals surface area contributed by atoms with Gasteiger partial charge >= 0.3 is 0 Å². The largest absolute Gasteiger partial charge is 0.353 e. The van der Waals surface area contributed by atoms with E-state index in [0.717, 1.165) is 6.54 Å². The van der Waals surface area contributed by atoms with E-state index in [4.69, 9.17) is 0 Å². The van der Waals surface area contributed by atoms with Crippen molar-refractivity contribution >= 4 is 16.0 Å². The van der Waals surface area contributed by atoms with Crippen LogP contribution in [0.4, 0.5) is 5.95 Å². The normalized spacial score (nSPS) is 17.8. The Morgan fingerprint density at radius 2 is 1.90 bits per heavy atom. The number of hydrogen-bond acceptors (Lipinski definition) is 7. The number of H-pyrrole nitrogens is 1. The number of aromatic nitrogens is 3. The maximum atomic E-state index is 11.4. The van der Waals surface area contributed by atoms with Gasteiger partial charge in [0.15, 0.2) is 0 Å². The molecule has 1 aliphatic rings. The molecule has 1 saturated heterocycles. The van der Waals surface area contributed by atoms with E-state index in [-0.39, 0.29) is 5.56 Å². The van der Waals surface area contributed by atoms with Crippen molar-refractivity contribution < 1.29 is 8.42 Å². The zero-order chi connectivity index (χ0) is 15.5. The third-order valence-electron chi connectivity index (χ3n) is 3.38. The van der Waals surface area contributed by atoms with E-state index in [9.17, 15) is 13.2 Å². The van der Waals surface area contributed by atoms with Gasteiger partial charge in [0.05, 0.1) is 6.26 Å². The van der Waals surface area contributed by atoms with Crippen LogP contribution in [0.15, 0.2) is 4.79 Å². The molecule has 0 bridgehead atoms. The molecule has 0 aliphatic carbocycles. The van der Waals surface area contributed by atoms with Gasteiger partial charge in [0, 0.05) is 39.3 Å². The Labute approximate surface area is 123 Å². The predicted octanol–water partition coefficient (Wildman–Crippen LogP) is -1.54. The Morgan fingerprint density at radius 3 is 2.48 bits per heavy atom. The minimum atomic E-state index is -3.09. The minimum absolute atomic E-state index is 0.255. The third-order valence-corrected chi connectivity index (χ3v) is 4.68. The summed E-state index contributed by atoms with van der Waals surface area (Å²) in [7, 11) is -3.09. The second-order valence-electron chi connectivity index (χ2n) is 5.02. The van der Waals surface area contributed by atoms with Gasteiger partial charge in [-0.1, -0.05) is 0 Å². The van der Waals surface area contributed by atoms with E-state index < -0.39 is 10.0 Å². The highest BCUT2D eigenvalue weighted by atomic mass is 32.2. The molecule has 2 N–H and O–H groups in total. The van der Waals surface area contributed by atoms with E-state index >= 15 is 0 Å². The zero-order valence-electron chi connectivity index (χ0n) is 12.2. The first-order valence-corrected chi connectivity index (χ1v) is 8.56. The lowest BCUT2D eigenvalue weighted by Crippen LogP contribution is -2.49. The molecule has 21 heavy (non-hydrogen) atoms. The zero-order valence-corrected chi connectivity index (χ0v) is 13.0. The number of aryl methyl sites for hydroxylation is 1. The number of rotatable bonds is 5. The summed E-state index contributed by atoms with van der Waals surface area (Å²) in [6, 6.07) is 0. The first-order chi connectivity index (χ1) is 9.86. The first kappa shape index (κ1) is 15.9. The van der Waals surface area contributed by atoms with Gasteiger partial charge in [-0.05, 0) is 6.92 Å². The van der Waals surface area contributed by atoms with Crippen LogP contribution in [0.5, 0.6) is 0 Å². The number of nitrogens with zero attached hydrogens (tertiary/aromatic N) is 4. The molecule has 1 aromatic rings. The number of piperazine rings is 1. The Bertz CT molecular complexity index is 636. The molecule has 1 fully saturated rings. The van der Waals surface area contributed by atoms with Crippen LogP contribution in [0.2, 0.25) is 0 Å². The monoisotopic (exact) mass is 316 g/mol. The highest BCUT2D eigenvalue weighted by Gasteiger charge is 2.22. The van der Waals surface area contributed by atoms with Gasteiger partial charge < -0.3 is 5.32 Å². The van der Waals surface area contributed by atoms with E-state index in [1.54, 1.807) is 6.92 Å². The topological polar surface area (TPSA) is 111 Å². The van der Waals surface area contributed by atoms with Crippen molar-refractivity contribution in [3.05, 3.63) is 16.0 Å². The van der Waals surface area contributed by atoms with Crippen LogP contribution in [-0.2, 0) is 10.0 Å². The molecule has 10 heteroatoms. The van der Waals surface area contributed by atoms with Crippen LogP contribution in [-0.4, -0.2) is 78.3 Å². The summed E-state index contributed by atoms with van der Waals surface area (Å²) < 4.78 is 24.3. The van der Waals surface area contributed by atoms with E-state index in [0.29, 0.717) is 44.4 Å². The van der Waals surface area contributed by atoms with Gasteiger partial charge in [0.25, 0.3) is 5.56 Å². The standard InChI is InChI=1S/C11H20N6O3S/c1-9-10(18)13-11(15-14-9)12-3-4-16-5-7-17(8-6-16)21(2,19)20/h3-8H2,1-2H3,(H2,12,13,15,18). The summed E-state index contributed by atoms with van der Waals surface area (Å²) in [4.78, 5) is 16.1. The minimum Gasteiger partial charge on any atom is -0.353 e. The molecule has 0 unspecified atom stereocenters. The molecule has 1 aromatic heterocycles. The van der Waals surface area contributed by atoms with Crippen molar-refractivity contribution in [1.29, 1.82) is 0 Å². The van der Waals surface area contributed by atoms with Crippen LogP contribution in [0.25, 0.3) is 0 Å². The summed E-state index contributed by atoms with van der Waals surface area (Å²) in [5.74, 6) is 0.348. The second-order valence-corrected chi connectivity index (χ2v) is 7.00. The van der Waals surface area contributed by atoms with Crippen molar-refractivity contribution in [2.24, 2.45) is 0 Å². The van der Waals surface area contributed by atoms with Gasteiger partial charge in [-0.15, -0.1) is 10.2 Å². The number of hydrogen-bond donors (Lipinski definition) is 2. The van der Waals surface area contributed by atoms with Crippen LogP contribution < -0.4 is 10.9 Å². The maximum absolute atomic E-state index is 11.4. The smallest absolute Gasteiger partial charge is 0.273 e. The van der Waals surface area contributed by atoms with E-state index in [1.165, 1.54) is 10.6 Å². The van der Waals surface area contributed by atoms with Crippen molar-refractivity contribution in [2.75, 3.05) is 50.8 Å². The van der Waals surface area contributed by atoms with Crippen molar-refractivity contribution in [3.63, 3.8) is 0 Å². The van der Waals surface area contributed by atoms with Gasteiger partial charge in [-0.25, -0.2) is 8.42 Å². The SMILES string of the molecule is Cc1nnc(NCCN2CCN(S(C)(=O)=O)CC2)[nH]c1=O. The second kappa shape index (κ2) is 6.50. The van der Waals surface area contributed by atoms with Gasteiger partial charge in [-0.3, -0.25) is 14.7 Å². The van der Waals surface area contributed by atoms with Crippen LogP contribution in [0, 0.1) is 6.92 Å². The fraction of sp³-hybridized carbons (Fsp3) is 0.727. The van der Waals surface area contributed by atoms with E-state index in [2.05, 4.69) is 25.4 Å². The summed E-state index contributed by atoms with van der Waals surface area (Å²) in [6.45, 7) is 5.37. The van der Waals surface area contributed by atoms with Crippen LogP contribution in [0.1, 0.15) is 5.69 Å². The third kappa shape index (κ3) is 4.48. The van der Waals surface area contributed by atoms with Crippen molar-refractivity contribution in [3.8, 4) is 0 Å². The number of aromatic amines is 1. The summed E-state index contributed by atoms with van der Waals surface area (Å²) in [5, 5.41) is 10.6. The van der Waals surface area contributed by atoms with E-state index in [1.807, 2.05) is 0 Å². The molecule has 0 aromatic carbocycles. The summed E-state index contributed by atoms with van der Waals surface area (Å²) in [6.07, 6.45) is 1.23. The van der Waals surface area contributed by atoms with Gasteiger partial charge in [0.1, 0.15) is 5.69 Å². The molecule has 0 saturated carbocycles. The highest BCUT2D eigenvalue weighted by Crippen LogP contribution is 2.05. The van der Waals surface area contributed by atoms with Gasteiger partial charge in [-0.2, -0.15) is 4.31 Å². The Hall–Kier alpha value is -1.52. The lowest BCUT2D eigenvalue weighted by atomic mass is 10.3. The molecule has 2 heterocycles. The molecule has 118 valence electrons. The number of nitrogens with one attached hydrogen (secondary N) is 2. The molecule has 1 aliphatic heterocycles. The highest BCUT2D eigenvalue weighted by molar-refractivity contribution is 7.88. The average molecular weight is 316 g/mol. The van der Waals surface area contributed by atoms with Crippen LogP contribution >= 0.6 is 0 Å². The molecule has 0 spiro atoms. The van der Waals surface area contributed by atoms with Crippen molar-refractivity contribution in [2.45, 2.75) is 6.92 Å².